The molecule has 0 N–H and O–H groups in total. The molecule has 1 heterocycles. The first-order chi connectivity index (χ1) is 5.20. The van der Waals surface area contributed by atoms with Crippen LogP contribution in [0.25, 0.3) is 0 Å². The van der Waals surface area contributed by atoms with Gasteiger partial charge < -0.3 is 12.3 Å². The van der Waals surface area contributed by atoms with Crippen molar-refractivity contribution in [3.05, 3.63) is 25.0 Å². The number of ether oxygens (including phenoxy) is 2. The molecule has 5 heteroatoms. The van der Waals surface area contributed by atoms with Crippen molar-refractivity contribution in [2.24, 2.45) is 0 Å². The van der Waals surface area contributed by atoms with Crippen molar-refractivity contribution in [1.82, 2.24) is 0 Å². The Morgan fingerprint density at radius 3 is 1.92 bits per heavy atom. The van der Waals surface area contributed by atoms with Crippen molar-refractivity contribution in [1.29, 1.82) is 0 Å². The summed E-state index contributed by atoms with van der Waals surface area (Å²) in [6, 6.07) is 0. The predicted octanol–water partition coefficient (Wildman–Crippen LogP) is 0.246. The fourth-order valence-corrected chi connectivity index (χ4v) is 0.303. The van der Waals surface area contributed by atoms with Gasteiger partial charge in [0.1, 0.15) is 0 Å². The van der Waals surface area contributed by atoms with E-state index in [0.717, 1.165) is 12.2 Å². The van der Waals surface area contributed by atoms with E-state index in [1.165, 1.54) is 6.26 Å². The maximum absolute atomic E-state index is 9.92. The molecule has 0 amide bonds. The molecule has 0 fully saturated rings. The average molecular weight is 198 g/mol. The molecule has 1 aliphatic rings. The van der Waals surface area contributed by atoms with Crippen LogP contribution in [0.4, 0.5) is 0 Å². The second-order valence-electron chi connectivity index (χ2n) is 1.48. The van der Waals surface area contributed by atoms with Crippen LogP contribution in [-0.4, -0.2) is 56.8 Å². The summed E-state index contributed by atoms with van der Waals surface area (Å²) in [6.07, 6.45) is 3.55. The molecule has 0 aliphatic carbocycles. The van der Waals surface area contributed by atoms with E-state index in [-0.39, 0.29) is 40.6 Å². The molecule has 1 aliphatic heterocycles. The van der Waals surface area contributed by atoms with E-state index in [9.17, 15) is 9.59 Å². The predicted molar refractivity (Wildman–Crippen MR) is 45.4 cm³/mol. The summed E-state index contributed by atoms with van der Waals surface area (Å²) >= 11 is 0. The van der Waals surface area contributed by atoms with Gasteiger partial charge in [0.15, 0.2) is 0 Å². The van der Waals surface area contributed by atoms with Gasteiger partial charge in [0.05, 0.1) is 13.4 Å². The first kappa shape index (κ1) is 14.2. The van der Waals surface area contributed by atoms with E-state index in [1.807, 2.05) is 0 Å². The van der Waals surface area contributed by atoms with E-state index < -0.39 is 11.9 Å². The van der Waals surface area contributed by atoms with Gasteiger partial charge in [-0.3, -0.25) is 0 Å². The van der Waals surface area contributed by atoms with Crippen LogP contribution in [0.2, 0.25) is 0 Å². The number of cyclic esters (lactones) is 2. The number of carbonyl (C=O) groups is 2. The molecule has 1 rings (SSSR count). The molecular formula is C7H10CaO4. The van der Waals surface area contributed by atoms with Crippen LogP contribution in [-0.2, 0) is 19.1 Å². The van der Waals surface area contributed by atoms with Crippen LogP contribution < -0.4 is 0 Å². The quantitative estimate of drug-likeness (QED) is 0.262. The zero-order valence-electron chi connectivity index (χ0n) is 8.78. The Morgan fingerprint density at radius 1 is 1.50 bits per heavy atom. The SMILES string of the molecule is C=COC.O=C1C=CC(=O)O1.[Ca+2].[H-].[H-]. The molecular weight excluding hydrogens is 188 g/mol. The fourth-order valence-electron chi connectivity index (χ4n) is 0.303. The van der Waals surface area contributed by atoms with Gasteiger partial charge in [0.2, 0.25) is 0 Å². The number of hydrogen-bond acceptors (Lipinski definition) is 4. The summed E-state index contributed by atoms with van der Waals surface area (Å²) in [6.45, 7) is 3.26. The molecule has 0 atom stereocenters. The molecule has 12 heavy (non-hydrogen) atoms. The smallest absolute Gasteiger partial charge is 1.00 e. The normalized spacial score (nSPS) is 12.1. The van der Waals surface area contributed by atoms with Crippen molar-refractivity contribution in [3.63, 3.8) is 0 Å². The molecule has 0 spiro atoms. The minimum Gasteiger partial charge on any atom is -1.00 e. The summed E-state index contributed by atoms with van der Waals surface area (Å²) in [4.78, 5) is 19.8. The summed E-state index contributed by atoms with van der Waals surface area (Å²) in [5.74, 6) is -1.16. The van der Waals surface area contributed by atoms with E-state index in [1.54, 1.807) is 7.11 Å². The van der Waals surface area contributed by atoms with Crippen LogP contribution in [0, 0.1) is 0 Å². The van der Waals surface area contributed by atoms with Gasteiger partial charge in [-0.05, 0) is 0 Å². The van der Waals surface area contributed by atoms with Gasteiger partial charge in [-0.15, -0.1) is 0 Å². The van der Waals surface area contributed by atoms with E-state index in [4.69, 9.17) is 0 Å². The number of carbonyl (C=O) groups excluding carboxylic acids is 2. The number of methoxy groups -OCH3 is 1. The third kappa shape index (κ3) is 7.78. The molecule has 4 nitrogen and oxygen atoms in total. The van der Waals surface area contributed by atoms with Crippen LogP contribution in [0.1, 0.15) is 2.85 Å². The largest absolute Gasteiger partial charge is 2.00 e. The van der Waals surface area contributed by atoms with Crippen LogP contribution in [0.3, 0.4) is 0 Å². The molecule has 0 radical (unpaired) electrons. The van der Waals surface area contributed by atoms with Crippen LogP contribution in [0.5, 0.6) is 0 Å². The molecule has 0 saturated carbocycles. The summed E-state index contributed by atoms with van der Waals surface area (Å²) in [7, 11) is 1.56. The second-order valence-corrected chi connectivity index (χ2v) is 1.48. The number of hydrogen-bond donors (Lipinski definition) is 0. The van der Waals surface area contributed by atoms with Gasteiger partial charge in [0, 0.05) is 12.2 Å². The van der Waals surface area contributed by atoms with Crippen molar-refractivity contribution >= 4 is 49.7 Å². The Bertz CT molecular complexity index is 190. The van der Waals surface area contributed by atoms with Gasteiger partial charge in [0.25, 0.3) is 0 Å². The van der Waals surface area contributed by atoms with E-state index >= 15 is 0 Å². The second kappa shape index (κ2) is 8.77. The Hall–Kier alpha value is -0.320. The monoisotopic (exact) mass is 198 g/mol. The fraction of sp³-hybridized carbons (Fsp3) is 0.143. The Kier molecular flexibility index (Phi) is 10.4. The number of rotatable bonds is 1. The zero-order valence-corrected chi connectivity index (χ0v) is 8.99. The topological polar surface area (TPSA) is 52.6 Å². The minimum absolute atomic E-state index is 0. The molecule has 0 saturated heterocycles. The molecule has 64 valence electrons. The minimum atomic E-state index is -0.579. The Labute approximate surface area is 103 Å². The molecule has 0 aromatic heterocycles. The average Bonchev–Trinajstić information content (AvgIpc) is 2.35. The van der Waals surface area contributed by atoms with Gasteiger partial charge >= 0.3 is 49.7 Å². The van der Waals surface area contributed by atoms with Gasteiger partial charge in [-0.2, -0.15) is 0 Å². The number of esters is 2. The molecule has 0 aromatic rings. The summed E-state index contributed by atoms with van der Waals surface area (Å²) in [5, 5.41) is 0. The first-order valence-electron chi connectivity index (χ1n) is 2.78. The van der Waals surface area contributed by atoms with Crippen molar-refractivity contribution in [3.8, 4) is 0 Å². The zero-order chi connectivity index (χ0) is 8.69. The summed E-state index contributed by atoms with van der Waals surface area (Å²) < 4.78 is 8.28. The first-order valence-corrected chi connectivity index (χ1v) is 2.78. The van der Waals surface area contributed by atoms with Crippen LogP contribution >= 0.6 is 0 Å². The molecule has 0 unspecified atom stereocenters. The van der Waals surface area contributed by atoms with Crippen molar-refractivity contribution < 1.29 is 21.9 Å². The molecule has 0 bridgehead atoms. The maximum atomic E-state index is 9.92. The van der Waals surface area contributed by atoms with Gasteiger partial charge in [-0.1, -0.05) is 6.58 Å². The standard InChI is InChI=1S/C4H2O3.C3H6O.Ca.2H/c5-3-1-2-4(6)7-3;1-3-4-2;;;/h1-2H;3H,1H2,2H3;;;/q;;+2;2*-1. The third-order valence-electron chi connectivity index (χ3n) is 0.723. The molecule has 0 aromatic carbocycles. The van der Waals surface area contributed by atoms with Crippen molar-refractivity contribution in [2.45, 2.75) is 0 Å². The summed E-state index contributed by atoms with van der Waals surface area (Å²) in [5.41, 5.74) is 0. The van der Waals surface area contributed by atoms with E-state index in [0.29, 0.717) is 0 Å². The van der Waals surface area contributed by atoms with Crippen LogP contribution in [0.15, 0.2) is 25.0 Å². The Morgan fingerprint density at radius 2 is 1.83 bits per heavy atom. The Balaban J connectivity index is -0.0000000650. The third-order valence-corrected chi connectivity index (χ3v) is 0.723. The van der Waals surface area contributed by atoms with E-state index in [2.05, 4.69) is 16.1 Å². The van der Waals surface area contributed by atoms with Gasteiger partial charge in [-0.25, -0.2) is 9.59 Å². The maximum Gasteiger partial charge on any atom is 2.00 e. The van der Waals surface area contributed by atoms with Crippen molar-refractivity contribution in [2.75, 3.05) is 7.11 Å².